The number of anilines is 2. The minimum absolute atomic E-state index is 0.137. The molecule has 0 radical (unpaired) electrons. The van der Waals surface area contributed by atoms with Gasteiger partial charge in [-0.15, -0.1) is 0 Å². The molecule has 0 atom stereocenters. The summed E-state index contributed by atoms with van der Waals surface area (Å²) in [5.41, 5.74) is 3.03. The van der Waals surface area contributed by atoms with Gasteiger partial charge < -0.3 is 10.3 Å². The quantitative estimate of drug-likeness (QED) is 0.890. The van der Waals surface area contributed by atoms with E-state index in [1.807, 2.05) is 30.2 Å². The summed E-state index contributed by atoms with van der Waals surface area (Å²) in [4.78, 5) is 19.9. The number of amides is 2. The number of benzene rings is 1. The Bertz CT molecular complexity index is 746. The average molecular weight is 328 g/mol. The van der Waals surface area contributed by atoms with Gasteiger partial charge in [-0.05, 0) is 50.6 Å². The Morgan fingerprint density at radius 1 is 1.21 bits per heavy atom. The third-order valence-corrected chi connectivity index (χ3v) is 4.95. The summed E-state index contributed by atoms with van der Waals surface area (Å²) in [6.07, 6.45) is 3.66. The molecule has 1 fully saturated rings. The van der Waals surface area contributed by atoms with E-state index in [-0.39, 0.29) is 17.9 Å². The number of aromatic nitrogens is 1. The van der Waals surface area contributed by atoms with Crippen LogP contribution >= 0.6 is 0 Å². The average Bonchev–Trinajstić information content (AvgIpc) is 3.04. The van der Waals surface area contributed by atoms with Crippen LogP contribution in [0.2, 0.25) is 0 Å². The molecule has 0 unspecified atom stereocenters. The second-order valence-corrected chi connectivity index (χ2v) is 6.47. The zero-order valence-corrected chi connectivity index (χ0v) is 13.7. The fourth-order valence-electron chi connectivity index (χ4n) is 3.76. The van der Waals surface area contributed by atoms with Crippen LogP contribution in [0.5, 0.6) is 0 Å². The largest absolute Gasteiger partial charge is 0.362 e. The minimum Gasteiger partial charge on any atom is -0.362 e. The van der Waals surface area contributed by atoms with Crippen molar-refractivity contribution in [1.29, 1.82) is 0 Å². The lowest BCUT2D eigenvalue weighted by Crippen LogP contribution is -2.54. The predicted molar refractivity (Wildman–Crippen MR) is 91.9 cm³/mol. The molecule has 0 saturated carbocycles. The topological polar surface area (TPSA) is 51.4 Å². The number of urea groups is 1. The minimum atomic E-state index is -0.358. The molecule has 1 aromatic heterocycles. The van der Waals surface area contributed by atoms with E-state index in [0.29, 0.717) is 12.2 Å². The normalized spacial score (nSPS) is 18.8. The van der Waals surface area contributed by atoms with E-state index < -0.39 is 0 Å². The molecular weight excluding hydrogens is 307 g/mol. The zero-order chi connectivity index (χ0) is 16.7. The Kier molecular flexibility index (Phi) is 3.76. The van der Waals surface area contributed by atoms with Crippen molar-refractivity contribution in [2.24, 2.45) is 0 Å². The number of hydrogen-bond donors (Lipinski definition) is 2. The van der Waals surface area contributed by atoms with Crippen LogP contribution in [0.4, 0.5) is 20.6 Å². The van der Waals surface area contributed by atoms with E-state index in [1.165, 1.54) is 6.07 Å². The number of carbonyl (C=O) groups excluding carboxylic acids is 1. The van der Waals surface area contributed by atoms with Gasteiger partial charge in [0.15, 0.2) is 0 Å². The summed E-state index contributed by atoms with van der Waals surface area (Å²) >= 11 is 0. The van der Waals surface area contributed by atoms with Gasteiger partial charge in [-0.1, -0.05) is 12.1 Å². The van der Waals surface area contributed by atoms with Crippen LogP contribution in [-0.4, -0.2) is 30.1 Å². The summed E-state index contributed by atoms with van der Waals surface area (Å²) < 4.78 is 14.4. The second-order valence-electron chi connectivity index (χ2n) is 6.47. The van der Waals surface area contributed by atoms with Crippen LogP contribution in [0.15, 0.2) is 30.5 Å². The molecule has 0 spiro atoms. The first-order chi connectivity index (χ1) is 11.7. The number of aromatic amines is 1. The first kappa shape index (κ1) is 15.2. The number of hydrogen-bond acceptors (Lipinski definition) is 2. The van der Waals surface area contributed by atoms with Gasteiger partial charge in [-0.3, -0.25) is 9.80 Å². The number of halogens is 1. The first-order valence-corrected chi connectivity index (χ1v) is 8.39. The molecule has 2 aliphatic heterocycles. The van der Waals surface area contributed by atoms with Crippen molar-refractivity contribution in [2.45, 2.75) is 32.4 Å². The number of para-hydroxylation sites is 1. The molecule has 5 nitrogen and oxygen atoms in total. The molecule has 4 rings (SSSR count). The summed E-state index contributed by atoms with van der Waals surface area (Å²) in [6, 6.07) is 6.87. The number of nitrogens with zero attached hydrogens (tertiary/aromatic N) is 2. The Morgan fingerprint density at radius 3 is 2.75 bits per heavy atom. The summed E-state index contributed by atoms with van der Waals surface area (Å²) in [5.74, 6) is -0.358. The van der Waals surface area contributed by atoms with Gasteiger partial charge in [-0.25, -0.2) is 9.18 Å². The van der Waals surface area contributed by atoms with Crippen molar-refractivity contribution >= 4 is 17.4 Å². The van der Waals surface area contributed by atoms with Crippen molar-refractivity contribution in [3.8, 4) is 0 Å². The van der Waals surface area contributed by atoms with Crippen molar-refractivity contribution in [3.63, 3.8) is 0 Å². The maximum absolute atomic E-state index is 14.4. The van der Waals surface area contributed by atoms with Crippen molar-refractivity contribution in [2.75, 3.05) is 22.9 Å². The zero-order valence-electron chi connectivity index (χ0n) is 13.7. The fourth-order valence-corrected chi connectivity index (χ4v) is 3.76. The van der Waals surface area contributed by atoms with Crippen LogP contribution in [-0.2, 0) is 6.54 Å². The molecule has 1 aromatic carbocycles. The number of rotatable bonds is 2. The highest BCUT2D eigenvalue weighted by atomic mass is 19.1. The number of nitrogens with one attached hydrogen (secondary N) is 2. The standard InChI is InChI=1S/C18H21FN4O/c1-12-3-2-4-14(19)17(12)22-11-15-16(7-10-21-15)23(18(22)24)13-5-8-20-9-6-13/h2-4,7,10,13,20-21H,5-6,8-9,11H2,1H3. The third kappa shape index (κ3) is 2.38. The van der Waals surface area contributed by atoms with Gasteiger partial charge in [0.25, 0.3) is 0 Å². The van der Waals surface area contributed by atoms with E-state index in [9.17, 15) is 9.18 Å². The molecule has 6 heteroatoms. The number of carbonyl (C=O) groups is 1. The Balaban J connectivity index is 1.77. The molecule has 3 heterocycles. The SMILES string of the molecule is Cc1cccc(F)c1N1Cc2[nH]ccc2N(C2CCNCC2)C1=O. The monoisotopic (exact) mass is 328 g/mol. The highest BCUT2D eigenvalue weighted by Gasteiger charge is 2.38. The van der Waals surface area contributed by atoms with Crippen LogP contribution < -0.4 is 15.1 Å². The summed E-state index contributed by atoms with van der Waals surface area (Å²) in [5, 5.41) is 3.33. The van der Waals surface area contributed by atoms with E-state index in [4.69, 9.17) is 0 Å². The van der Waals surface area contributed by atoms with E-state index in [2.05, 4.69) is 10.3 Å². The molecule has 1 saturated heterocycles. The Morgan fingerprint density at radius 2 is 2.00 bits per heavy atom. The van der Waals surface area contributed by atoms with Crippen LogP contribution in [0.3, 0.4) is 0 Å². The first-order valence-electron chi connectivity index (χ1n) is 8.39. The van der Waals surface area contributed by atoms with Gasteiger partial charge in [0, 0.05) is 12.2 Å². The third-order valence-electron chi connectivity index (χ3n) is 4.95. The summed E-state index contributed by atoms with van der Waals surface area (Å²) in [7, 11) is 0. The Hall–Kier alpha value is -2.34. The van der Waals surface area contributed by atoms with Crippen molar-refractivity contribution in [3.05, 3.63) is 47.5 Å². The van der Waals surface area contributed by atoms with E-state index >= 15 is 0 Å². The second kappa shape index (κ2) is 5.94. The molecule has 2 N–H and O–H groups in total. The van der Waals surface area contributed by atoms with E-state index in [0.717, 1.165) is 42.9 Å². The van der Waals surface area contributed by atoms with Crippen LogP contribution in [0.25, 0.3) is 0 Å². The number of fused-ring (bicyclic) bond motifs is 1. The van der Waals surface area contributed by atoms with Gasteiger partial charge in [0.05, 0.1) is 23.6 Å². The number of H-pyrrole nitrogens is 1. The van der Waals surface area contributed by atoms with Crippen molar-refractivity contribution in [1.82, 2.24) is 10.3 Å². The molecule has 24 heavy (non-hydrogen) atoms. The van der Waals surface area contributed by atoms with Gasteiger partial charge in [0.1, 0.15) is 5.82 Å². The molecule has 2 amide bonds. The van der Waals surface area contributed by atoms with E-state index in [1.54, 1.807) is 11.0 Å². The predicted octanol–water partition coefficient (Wildman–Crippen LogP) is 3.16. The molecule has 0 bridgehead atoms. The lowest BCUT2D eigenvalue weighted by Gasteiger charge is -2.41. The smallest absolute Gasteiger partial charge is 0.329 e. The highest BCUT2D eigenvalue weighted by molar-refractivity contribution is 6.06. The molecule has 2 aromatic rings. The Labute approximate surface area is 140 Å². The van der Waals surface area contributed by atoms with Crippen LogP contribution in [0, 0.1) is 12.7 Å². The molecule has 0 aliphatic carbocycles. The highest BCUT2D eigenvalue weighted by Crippen LogP contribution is 2.36. The fraction of sp³-hybridized carbons (Fsp3) is 0.389. The summed E-state index contributed by atoms with van der Waals surface area (Å²) in [6.45, 7) is 4.00. The van der Waals surface area contributed by atoms with Crippen LogP contribution in [0.1, 0.15) is 24.1 Å². The molecule has 126 valence electrons. The van der Waals surface area contributed by atoms with Gasteiger partial charge >= 0.3 is 6.03 Å². The maximum atomic E-state index is 14.4. The lowest BCUT2D eigenvalue weighted by atomic mass is 10.0. The van der Waals surface area contributed by atoms with Gasteiger partial charge in [-0.2, -0.15) is 0 Å². The number of piperidine rings is 1. The lowest BCUT2D eigenvalue weighted by molar-refractivity contribution is 0.245. The van der Waals surface area contributed by atoms with Crippen molar-refractivity contribution < 1.29 is 9.18 Å². The van der Waals surface area contributed by atoms with Gasteiger partial charge in [0.2, 0.25) is 0 Å². The number of aryl methyl sites for hydroxylation is 1. The maximum Gasteiger partial charge on any atom is 0.329 e. The molecule has 2 aliphatic rings. The molecular formula is C18H21FN4O.